The summed E-state index contributed by atoms with van der Waals surface area (Å²) in [7, 11) is 0. The fourth-order valence-corrected chi connectivity index (χ4v) is 2.95. The Morgan fingerprint density at radius 3 is 2.31 bits per heavy atom. The molecule has 4 N–H and O–H groups in total. The molecule has 1 aromatic heterocycles. The van der Waals surface area contributed by atoms with Gasteiger partial charge in [0.05, 0.1) is 23.4 Å². The molecule has 3 rings (SSSR count). The fourth-order valence-electron chi connectivity index (χ4n) is 2.95. The quantitative estimate of drug-likeness (QED) is 0.225. The van der Waals surface area contributed by atoms with E-state index in [1.165, 1.54) is 12.3 Å². The summed E-state index contributed by atoms with van der Waals surface area (Å²) in [5.74, 6) is -0.613. The van der Waals surface area contributed by atoms with Gasteiger partial charge in [0.25, 0.3) is 0 Å². The lowest BCUT2D eigenvalue weighted by Gasteiger charge is -2.18. The van der Waals surface area contributed by atoms with Gasteiger partial charge in [-0.2, -0.15) is 13.2 Å². The van der Waals surface area contributed by atoms with Crippen molar-refractivity contribution in [2.75, 3.05) is 24.0 Å². The monoisotopic (exact) mass is 518 g/mol. The second kappa shape index (κ2) is 10.9. The van der Waals surface area contributed by atoms with Crippen molar-refractivity contribution in [1.29, 1.82) is 0 Å². The lowest BCUT2D eigenvalue weighted by atomic mass is 10.1. The van der Waals surface area contributed by atoms with Crippen LogP contribution in [0.5, 0.6) is 0 Å². The van der Waals surface area contributed by atoms with Gasteiger partial charge in [-0.1, -0.05) is 0 Å². The van der Waals surface area contributed by atoms with Gasteiger partial charge in [0.1, 0.15) is 5.82 Å². The van der Waals surface area contributed by atoms with Crippen LogP contribution in [0, 0.1) is 5.82 Å². The molecule has 0 aliphatic heterocycles. The van der Waals surface area contributed by atoms with Crippen LogP contribution in [0.1, 0.15) is 19.4 Å². The van der Waals surface area contributed by atoms with Gasteiger partial charge in [-0.05, 0) is 56.3 Å². The second-order valence-corrected chi connectivity index (χ2v) is 8.09. The predicted octanol–water partition coefficient (Wildman–Crippen LogP) is 5.56. The number of halogens is 5. The Hall–Kier alpha value is -3.35. The van der Waals surface area contributed by atoms with Crippen molar-refractivity contribution >= 4 is 46.8 Å². The van der Waals surface area contributed by atoms with Crippen molar-refractivity contribution in [2.24, 2.45) is 5.73 Å². The Balaban J connectivity index is 0.00000432. The number of alkyl halides is 3. The van der Waals surface area contributed by atoms with Crippen LogP contribution in [-0.2, 0) is 15.7 Å². The summed E-state index contributed by atoms with van der Waals surface area (Å²) in [4.78, 5) is 24.9. The van der Waals surface area contributed by atoms with E-state index < -0.39 is 35.2 Å². The Morgan fingerprint density at radius 1 is 1.06 bits per heavy atom. The largest absolute Gasteiger partial charge is 0.422 e. The van der Waals surface area contributed by atoms with Crippen LogP contribution in [-0.4, -0.2) is 35.6 Å². The highest BCUT2D eigenvalue weighted by Gasteiger charge is 2.30. The van der Waals surface area contributed by atoms with E-state index in [1.54, 1.807) is 13.8 Å². The number of carbonyl (C=O) groups excluding carboxylic acids is 2. The van der Waals surface area contributed by atoms with Crippen LogP contribution >= 0.6 is 12.4 Å². The molecular weight excluding hydrogens is 496 g/mol. The summed E-state index contributed by atoms with van der Waals surface area (Å²) in [6.45, 7) is 3.22. The van der Waals surface area contributed by atoms with E-state index in [1.807, 2.05) is 0 Å². The highest BCUT2D eigenvalue weighted by molar-refractivity contribution is 6.07. The van der Waals surface area contributed by atoms with Gasteiger partial charge in [-0.25, -0.2) is 14.0 Å². The Kier molecular flexibility index (Phi) is 8.71. The maximum absolute atomic E-state index is 13.8. The number of aromatic nitrogens is 1. The van der Waals surface area contributed by atoms with Gasteiger partial charge >= 0.3 is 18.3 Å². The topological polar surface area (TPSA) is 108 Å². The number of anilines is 2. The van der Waals surface area contributed by atoms with Gasteiger partial charge in [-0.3, -0.25) is 4.57 Å². The summed E-state index contributed by atoms with van der Waals surface area (Å²) in [5.41, 5.74) is 4.70. The fraction of sp³-hybridized carbons (Fsp3) is 0.273. The Labute approximate surface area is 203 Å². The third kappa shape index (κ3) is 7.57. The molecule has 0 aliphatic rings. The molecular formula is C22H23ClF4N4O4. The number of urea groups is 1. The number of carbonyl (C=O) groups is 2. The van der Waals surface area contributed by atoms with E-state index in [4.69, 9.17) is 15.2 Å². The molecule has 13 heteroatoms. The predicted molar refractivity (Wildman–Crippen MR) is 124 cm³/mol. The maximum atomic E-state index is 13.8. The molecule has 1 heterocycles. The molecule has 0 unspecified atom stereocenters. The minimum atomic E-state index is -4.51. The second-order valence-electron chi connectivity index (χ2n) is 8.09. The molecule has 0 radical (unpaired) electrons. The average molecular weight is 519 g/mol. The molecule has 190 valence electrons. The summed E-state index contributed by atoms with van der Waals surface area (Å²) in [6, 6.07) is 6.57. The van der Waals surface area contributed by atoms with Crippen molar-refractivity contribution in [3.05, 3.63) is 60.0 Å². The maximum Gasteiger partial charge on any atom is 0.420 e. The lowest BCUT2D eigenvalue weighted by Crippen LogP contribution is -2.37. The number of ether oxygens (including phenoxy) is 2. The van der Waals surface area contributed by atoms with E-state index in [9.17, 15) is 27.2 Å². The smallest absolute Gasteiger partial charge is 0.420 e. The average Bonchev–Trinajstić information content (AvgIpc) is 3.07. The number of nitrogens with one attached hydrogen (secondary N) is 2. The molecule has 0 aliphatic carbocycles. The lowest BCUT2D eigenvalue weighted by molar-refractivity contribution is -0.137. The van der Waals surface area contributed by atoms with Crippen LogP contribution in [0.15, 0.2) is 48.7 Å². The first-order chi connectivity index (χ1) is 15.8. The molecule has 0 bridgehead atoms. The molecule has 0 fully saturated rings. The van der Waals surface area contributed by atoms with E-state index in [0.29, 0.717) is 0 Å². The number of hydrogen-bond acceptors (Lipinski definition) is 5. The number of nitrogens with zero attached hydrogens (tertiary/aromatic N) is 1. The van der Waals surface area contributed by atoms with Crippen molar-refractivity contribution in [3.8, 4) is 0 Å². The molecule has 2 amide bonds. The number of amides is 2. The number of fused-ring (bicyclic) bond motifs is 1. The van der Waals surface area contributed by atoms with Crippen LogP contribution < -0.4 is 16.4 Å². The van der Waals surface area contributed by atoms with Crippen LogP contribution in [0.3, 0.4) is 0 Å². The normalized spacial score (nSPS) is 11.6. The van der Waals surface area contributed by atoms with Crippen LogP contribution in [0.4, 0.5) is 38.5 Å². The first-order valence-corrected chi connectivity index (χ1v) is 9.93. The first-order valence-electron chi connectivity index (χ1n) is 9.93. The van der Waals surface area contributed by atoms with Gasteiger partial charge in [0.2, 0.25) is 0 Å². The molecule has 35 heavy (non-hydrogen) atoms. The van der Waals surface area contributed by atoms with Crippen molar-refractivity contribution in [1.82, 2.24) is 4.57 Å². The number of nitrogens with two attached hydrogens (primary N) is 1. The molecule has 8 nitrogen and oxygen atoms in total. The summed E-state index contributed by atoms with van der Waals surface area (Å²) in [5, 5.41) is 5.02. The molecule has 0 spiro atoms. The zero-order chi connectivity index (χ0) is 25.1. The minimum Gasteiger partial charge on any atom is -0.422 e. The molecule has 2 aromatic carbocycles. The Morgan fingerprint density at radius 2 is 1.71 bits per heavy atom. The van der Waals surface area contributed by atoms with Crippen molar-refractivity contribution in [3.63, 3.8) is 0 Å². The van der Waals surface area contributed by atoms with Gasteiger partial charge < -0.3 is 25.8 Å². The van der Waals surface area contributed by atoms with Crippen molar-refractivity contribution < 1.29 is 36.6 Å². The van der Waals surface area contributed by atoms with E-state index in [0.717, 1.165) is 41.0 Å². The third-order valence-electron chi connectivity index (χ3n) is 4.42. The van der Waals surface area contributed by atoms with Gasteiger partial charge in [0.15, 0.2) is 6.79 Å². The molecule has 0 atom stereocenters. The van der Waals surface area contributed by atoms with Gasteiger partial charge in [0, 0.05) is 22.8 Å². The standard InChI is InChI=1S/C22H22F4N4O4.ClH/c1-21(2,27)11-33-12-34-20(32)30-10-17(16-9-14(23)5-8-18(16)30)29-19(31)28-15-6-3-13(4-7-15)22(24,25)26;/h3-10H,11-12,27H2,1-2H3,(H2,28,29,31);1H. The minimum absolute atomic E-state index is 0. The number of benzene rings is 2. The third-order valence-corrected chi connectivity index (χ3v) is 4.42. The SMILES string of the molecule is CC(C)(N)COCOC(=O)n1cc(NC(=O)Nc2ccc(C(F)(F)F)cc2)c2cc(F)ccc21.Cl. The highest BCUT2D eigenvalue weighted by Crippen LogP contribution is 2.30. The van der Waals surface area contributed by atoms with E-state index in [2.05, 4.69) is 10.6 Å². The zero-order valence-corrected chi connectivity index (χ0v) is 19.4. The zero-order valence-electron chi connectivity index (χ0n) is 18.6. The van der Waals surface area contributed by atoms with E-state index >= 15 is 0 Å². The summed E-state index contributed by atoms with van der Waals surface area (Å²) < 4.78 is 63.2. The number of rotatable bonds is 6. The summed E-state index contributed by atoms with van der Waals surface area (Å²) in [6.07, 6.45) is -4.12. The van der Waals surface area contributed by atoms with Crippen LogP contribution in [0.2, 0.25) is 0 Å². The van der Waals surface area contributed by atoms with E-state index in [-0.39, 0.29) is 48.1 Å². The molecule has 0 saturated heterocycles. The highest BCUT2D eigenvalue weighted by atomic mass is 35.5. The molecule has 0 saturated carbocycles. The van der Waals surface area contributed by atoms with Gasteiger partial charge in [-0.15, -0.1) is 12.4 Å². The number of hydrogen-bond donors (Lipinski definition) is 3. The van der Waals surface area contributed by atoms with Crippen LogP contribution in [0.25, 0.3) is 10.9 Å². The summed E-state index contributed by atoms with van der Waals surface area (Å²) >= 11 is 0. The molecule has 3 aromatic rings. The first kappa shape index (κ1) is 27.9. The van der Waals surface area contributed by atoms with Crippen molar-refractivity contribution in [2.45, 2.75) is 25.6 Å². The Bertz CT molecular complexity index is 1190.